The van der Waals surface area contributed by atoms with Gasteiger partial charge >= 0.3 is 6.18 Å². The molecule has 0 radical (unpaired) electrons. The van der Waals surface area contributed by atoms with Crippen molar-refractivity contribution < 1.29 is 13.2 Å². The molecule has 1 aliphatic heterocycles. The number of aryl methyl sites for hydroxylation is 1. The van der Waals surface area contributed by atoms with Gasteiger partial charge in [-0.3, -0.25) is 4.68 Å². The van der Waals surface area contributed by atoms with E-state index in [0.29, 0.717) is 16.9 Å². The zero-order valence-corrected chi connectivity index (χ0v) is 19.6. The fraction of sp³-hybridized carbons (Fsp3) is 0.348. The molecule has 33 heavy (non-hydrogen) atoms. The number of thioether (sulfide) groups is 1. The number of halogens is 3. The first-order valence-electron chi connectivity index (χ1n) is 10.4. The lowest BCUT2D eigenvalue weighted by Crippen LogP contribution is -2.35. The van der Waals surface area contributed by atoms with E-state index in [2.05, 4.69) is 41.2 Å². The number of benzene rings is 1. The molecule has 6 nitrogen and oxygen atoms in total. The Morgan fingerprint density at radius 1 is 1.15 bits per heavy atom. The molecule has 3 aromatic rings. The van der Waals surface area contributed by atoms with E-state index in [1.54, 1.807) is 54.1 Å². The maximum atomic E-state index is 14.0. The monoisotopic (exact) mass is 474 g/mol. The summed E-state index contributed by atoms with van der Waals surface area (Å²) < 4.78 is 43.7. The lowest BCUT2D eigenvalue weighted by Gasteiger charge is -2.35. The Kier molecular flexibility index (Phi) is 6.13. The predicted molar refractivity (Wildman–Crippen MR) is 124 cm³/mol. The summed E-state index contributed by atoms with van der Waals surface area (Å²) in [4.78, 5) is 10.5. The third-order valence-electron chi connectivity index (χ3n) is 5.18. The Balaban J connectivity index is 1.63. The van der Waals surface area contributed by atoms with Crippen LogP contribution in [0.4, 0.5) is 24.8 Å². The van der Waals surface area contributed by atoms with Crippen molar-refractivity contribution in [3.8, 4) is 11.3 Å². The van der Waals surface area contributed by atoms with Gasteiger partial charge in [-0.2, -0.15) is 18.3 Å². The molecule has 1 atom stereocenters. The van der Waals surface area contributed by atoms with Crippen molar-refractivity contribution in [2.45, 2.75) is 38.9 Å². The highest BCUT2D eigenvalue weighted by Gasteiger charge is 2.36. The third-order valence-corrected chi connectivity index (χ3v) is 6.70. The Morgan fingerprint density at radius 2 is 1.94 bits per heavy atom. The van der Waals surface area contributed by atoms with Gasteiger partial charge in [0.15, 0.2) is 0 Å². The van der Waals surface area contributed by atoms with Crippen LogP contribution in [0.3, 0.4) is 0 Å². The number of anilines is 2. The zero-order chi connectivity index (χ0) is 23.8. The predicted octanol–water partition coefficient (Wildman–Crippen LogP) is 6.03. The molecular weight excluding hydrogens is 449 g/mol. The van der Waals surface area contributed by atoms with Crippen LogP contribution in [0.2, 0.25) is 0 Å². The van der Waals surface area contributed by atoms with E-state index in [4.69, 9.17) is 0 Å². The molecule has 3 heterocycles. The van der Waals surface area contributed by atoms with Crippen molar-refractivity contribution in [2.24, 2.45) is 12.5 Å². The zero-order valence-electron chi connectivity index (χ0n) is 18.8. The molecule has 0 aliphatic carbocycles. The number of rotatable bonds is 5. The van der Waals surface area contributed by atoms with Crippen LogP contribution >= 0.6 is 11.8 Å². The van der Waals surface area contributed by atoms with Gasteiger partial charge in [0, 0.05) is 37.7 Å². The quantitative estimate of drug-likeness (QED) is 0.487. The van der Waals surface area contributed by atoms with Crippen molar-refractivity contribution in [3.63, 3.8) is 0 Å². The lowest BCUT2D eigenvalue weighted by molar-refractivity contribution is -0.138. The minimum atomic E-state index is -4.48. The van der Waals surface area contributed by atoms with E-state index in [1.807, 2.05) is 16.5 Å². The average Bonchev–Trinajstić information content (AvgIpc) is 3.36. The van der Waals surface area contributed by atoms with Crippen LogP contribution in [0.25, 0.3) is 11.3 Å². The van der Waals surface area contributed by atoms with Crippen molar-refractivity contribution >= 4 is 23.4 Å². The summed E-state index contributed by atoms with van der Waals surface area (Å²) in [6.07, 6.45) is 2.27. The Morgan fingerprint density at radius 3 is 2.61 bits per heavy atom. The summed E-state index contributed by atoms with van der Waals surface area (Å²) in [6, 6.07) is 5.99. The van der Waals surface area contributed by atoms with Gasteiger partial charge in [0.1, 0.15) is 0 Å². The normalized spacial score (nSPS) is 16.5. The second kappa shape index (κ2) is 8.74. The maximum absolute atomic E-state index is 14.0. The summed E-state index contributed by atoms with van der Waals surface area (Å²) in [5.74, 6) is 0.283. The minimum absolute atomic E-state index is 0.0706. The van der Waals surface area contributed by atoms with Gasteiger partial charge in [-0.05, 0) is 28.5 Å². The van der Waals surface area contributed by atoms with Gasteiger partial charge in [0.25, 0.3) is 0 Å². The summed E-state index contributed by atoms with van der Waals surface area (Å²) in [5, 5.41) is 9.09. The molecule has 10 heteroatoms. The molecule has 0 fully saturated rings. The first-order valence-corrected chi connectivity index (χ1v) is 11.3. The molecule has 4 rings (SSSR count). The molecule has 1 aromatic carbocycles. The molecule has 1 aliphatic rings. The van der Waals surface area contributed by atoms with Crippen LogP contribution in [0.5, 0.6) is 0 Å². The number of hydrogen-bond donors (Lipinski definition) is 1. The van der Waals surface area contributed by atoms with Crippen LogP contribution in [0.15, 0.2) is 54.5 Å². The van der Waals surface area contributed by atoms with Crippen molar-refractivity contribution in [2.75, 3.05) is 5.32 Å². The Bertz CT molecular complexity index is 1170. The van der Waals surface area contributed by atoms with Gasteiger partial charge < -0.3 is 10.2 Å². The smallest absolute Gasteiger partial charge is 0.360 e. The van der Waals surface area contributed by atoms with Crippen LogP contribution in [0.1, 0.15) is 31.9 Å². The van der Waals surface area contributed by atoms with E-state index in [9.17, 15) is 13.2 Å². The van der Waals surface area contributed by atoms with Crippen molar-refractivity contribution in [3.05, 3.63) is 65.6 Å². The number of nitrogens with zero attached hydrogens (tertiary/aromatic N) is 5. The van der Waals surface area contributed by atoms with E-state index < -0.39 is 11.7 Å². The van der Waals surface area contributed by atoms with Crippen LogP contribution in [0, 0.1) is 5.41 Å². The second-order valence-electron chi connectivity index (χ2n) is 8.97. The minimum Gasteiger partial charge on any atom is -0.360 e. The largest absolute Gasteiger partial charge is 0.416 e. The third kappa shape index (κ3) is 5.32. The fourth-order valence-corrected chi connectivity index (χ4v) is 4.79. The molecular formula is C23H25F3N6S. The van der Waals surface area contributed by atoms with Crippen molar-refractivity contribution in [1.29, 1.82) is 0 Å². The Hall–Kier alpha value is -3.01. The van der Waals surface area contributed by atoms with Crippen molar-refractivity contribution in [1.82, 2.24) is 24.6 Å². The average molecular weight is 475 g/mol. The first-order chi connectivity index (χ1) is 15.5. The number of nitrogens with one attached hydrogen (secondary N) is 1. The molecule has 0 saturated heterocycles. The highest BCUT2D eigenvalue weighted by Crippen LogP contribution is 2.41. The summed E-state index contributed by atoms with van der Waals surface area (Å²) >= 11 is 1.63. The molecule has 0 saturated carbocycles. The highest BCUT2D eigenvalue weighted by atomic mass is 32.2. The SMILES string of the molecule is Cn1cc(Nc2nccc(-c3ccc(CN4C=CSC4C(C)(C)C)c(C(F)(F)F)c3)n2)cn1. The van der Waals surface area contributed by atoms with E-state index in [1.165, 1.54) is 12.3 Å². The summed E-state index contributed by atoms with van der Waals surface area (Å²) in [7, 11) is 1.78. The topological polar surface area (TPSA) is 58.9 Å². The van der Waals surface area contributed by atoms with Gasteiger partial charge in [-0.1, -0.05) is 32.9 Å². The molecule has 0 amide bonds. The van der Waals surface area contributed by atoms with Gasteiger partial charge in [0.2, 0.25) is 5.95 Å². The lowest BCUT2D eigenvalue weighted by atomic mass is 9.94. The first kappa shape index (κ1) is 23.2. The molecule has 174 valence electrons. The van der Waals surface area contributed by atoms with E-state index in [0.717, 1.165) is 0 Å². The molecule has 2 aromatic heterocycles. The fourth-order valence-electron chi connectivity index (χ4n) is 3.71. The maximum Gasteiger partial charge on any atom is 0.416 e. The molecule has 1 unspecified atom stereocenters. The molecule has 0 spiro atoms. The molecule has 0 bridgehead atoms. The van der Waals surface area contributed by atoms with E-state index in [-0.39, 0.29) is 28.8 Å². The van der Waals surface area contributed by atoms with Crippen LogP contribution < -0.4 is 5.32 Å². The Labute approximate surface area is 194 Å². The number of aromatic nitrogens is 4. The summed E-state index contributed by atoms with van der Waals surface area (Å²) in [5.41, 5.74) is 0.962. The number of hydrogen-bond acceptors (Lipinski definition) is 6. The van der Waals surface area contributed by atoms with Gasteiger partial charge in [-0.15, -0.1) is 11.8 Å². The standard InChI is InChI=1S/C23H25F3N6S/c1-22(2,3)20-32(9-10-33-20)13-16-6-5-15(11-18(16)23(24,25)26)19-7-8-27-21(30-19)29-17-12-28-31(4)14-17/h5-12,14,20H,13H2,1-4H3,(H,27,29,30). The van der Waals surface area contributed by atoms with Gasteiger partial charge in [0.05, 0.1) is 28.5 Å². The van der Waals surface area contributed by atoms with Crippen LogP contribution in [-0.4, -0.2) is 30.0 Å². The van der Waals surface area contributed by atoms with E-state index >= 15 is 0 Å². The van der Waals surface area contributed by atoms with Gasteiger partial charge in [-0.25, -0.2) is 9.97 Å². The molecule has 1 N–H and O–H groups in total. The second-order valence-corrected chi connectivity index (χ2v) is 9.97. The highest BCUT2D eigenvalue weighted by molar-refractivity contribution is 8.02. The summed E-state index contributed by atoms with van der Waals surface area (Å²) in [6.45, 7) is 6.44. The number of alkyl halides is 3. The van der Waals surface area contributed by atoms with Crippen LogP contribution in [-0.2, 0) is 19.8 Å².